The molecule has 1 fully saturated rings. The molecule has 8 heteroatoms. The lowest BCUT2D eigenvalue weighted by molar-refractivity contribution is -0.132. The van der Waals surface area contributed by atoms with Crippen molar-refractivity contribution < 1.29 is 28.4 Å². The van der Waals surface area contributed by atoms with Crippen molar-refractivity contribution in [3.8, 4) is 0 Å². The lowest BCUT2D eigenvalue weighted by atomic mass is 9.92. The maximum absolute atomic E-state index is 13.3. The van der Waals surface area contributed by atoms with E-state index in [1.54, 1.807) is 12.1 Å². The molecule has 2 aromatic carbocycles. The van der Waals surface area contributed by atoms with Gasteiger partial charge >= 0.3 is 0 Å². The van der Waals surface area contributed by atoms with Gasteiger partial charge in [0.15, 0.2) is 5.78 Å². The molecule has 2 aromatic rings. The van der Waals surface area contributed by atoms with Gasteiger partial charge in [-0.05, 0) is 36.2 Å². The van der Waals surface area contributed by atoms with Crippen molar-refractivity contribution in [1.82, 2.24) is 10.2 Å². The highest BCUT2D eigenvalue weighted by Gasteiger charge is 2.45. The molecule has 4 rings (SSSR count). The van der Waals surface area contributed by atoms with Crippen molar-refractivity contribution in [2.24, 2.45) is 0 Å². The smallest absolute Gasteiger partial charge is 0.262 e. The lowest BCUT2D eigenvalue weighted by Gasteiger charge is -2.27. The number of imide groups is 1. The van der Waals surface area contributed by atoms with Crippen molar-refractivity contribution >= 4 is 29.3 Å². The van der Waals surface area contributed by atoms with Gasteiger partial charge in [-0.2, -0.15) is 0 Å². The molecule has 1 atom stereocenters. The number of fused-ring (bicyclic) bond motifs is 1. The number of ketones is 2. The average molecular weight is 408 g/mol. The monoisotopic (exact) mass is 408 g/mol. The number of benzene rings is 2. The Hall–Kier alpha value is -3.68. The third-order valence-corrected chi connectivity index (χ3v) is 5.31. The van der Waals surface area contributed by atoms with E-state index in [-0.39, 0.29) is 48.3 Å². The highest BCUT2D eigenvalue weighted by atomic mass is 19.1. The number of carbonyl (C=O) groups excluding carboxylic acids is 5. The van der Waals surface area contributed by atoms with E-state index >= 15 is 0 Å². The first-order valence-electron chi connectivity index (χ1n) is 9.45. The van der Waals surface area contributed by atoms with Crippen LogP contribution in [0.4, 0.5) is 4.39 Å². The minimum atomic E-state index is -0.954. The molecule has 1 heterocycles. The molecule has 7 nitrogen and oxygen atoms in total. The normalized spacial score (nSPS) is 18.6. The number of nitrogens with one attached hydrogen (secondary N) is 1. The Morgan fingerprint density at radius 2 is 1.83 bits per heavy atom. The number of hydrogen-bond acceptors (Lipinski definition) is 5. The van der Waals surface area contributed by atoms with E-state index in [4.69, 9.17) is 0 Å². The Balaban J connectivity index is 1.57. The number of amides is 3. The first kappa shape index (κ1) is 19.6. The van der Waals surface area contributed by atoms with Gasteiger partial charge in [0.25, 0.3) is 17.7 Å². The molecule has 1 aliphatic heterocycles. The van der Waals surface area contributed by atoms with Crippen molar-refractivity contribution in [3.63, 3.8) is 0 Å². The Bertz CT molecular complexity index is 1110. The van der Waals surface area contributed by atoms with Gasteiger partial charge in [-0.15, -0.1) is 0 Å². The zero-order valence-electron chi connectivity index (χ0n) is 15.8. The molecule has 152 valence electrons. The van der Waals surface area contributed by atoms with Gasteiger partial charge in [-0.3, -0.25) is 28.9 Å². The minimum Gasteiger partial charge on any atom is -0.348 e. The van der Waals surface area contributed by atoms with E-state index in [9.17, 15) is 28.4 Å². The first-order valence-corrected chi connectivity index (χ1v) is 9.45. The molecular weight excluding hydrogens is 391 g/mol. The fourth-order valence-electron chi connectivity index (χ4n) is 3.84. The van der Waals surface area contributed by atoms with Gasteiger partial charge in [0, 0.05) is 18.5 Å². The summed E-state index contributed by atoms with van der Waals surface area (Å²) < 4.78 is 13.3. The Morgan fingerprint density at radius 1 is 1.07 bits per heavy atom. The topological polar surface area (TPSA) is 101 Å². The second-order valence-electron chi connectivity index (χ2n) is 7.25. The predicted molar refractivity (Wildman–Crippen MR) is 102 cm³/mol. The van der Waals surface area contributed by atoms with E-state index in [2.05, 4.69) is 5.32 Å². The molecular formula is C22H17FN2O5. The van der Waals surface area contributed by atoms with Crippen molar-refractivity contribution in [1.29, 1.82) is 0 Å². The largest absolute Gasteiger partial charge is 0.348 e. The molecule has 0 bridgehead atoms. The number of nitrogens with zero attached hydrogens (tertiary/aromatic N) is 1. The maximum Gasteiger partial charge on any atom is 0.262 e. The van der Waals surface area contributed by atoms with Gasteiger partial charge in [0.1, 0.15) is 11.6 Å². The Morgan fingerprint density at radius 3 is 2.57 bits per heavy atom. The van der Waals surface area contributed by atoms with Crippen LogP contribution in [0.3, 0.4) is 0 Å². The van der Waals surface area contributed by atoms with Crippen molar-refractivity contribution in [2.75, 3.05) is 0 Å². The number of carbonyl (C=O) groups is 5. The summed E-state index contributed by atoms with van der Waals surface area (Å²) in [4.78, 5) is 62.8. The van der Waals surface area contributed by atoms with Crippen molar-refractivity contribution in [2.45, 2.75) is 31.8 Å². The summed E-state index contributed by atoms with van der Waals surface area (Å²) in [7, 11) is 0. The van der Waals surface area contributed by atoms with E-state index in [0.29, 0.717) is 5.56 Å². The van der Waals surface area contributed by atoms with Crippen LogP contribution in [-0.4, -0.2) is 40.2 Å². The van der Waals surface area contributed by atoms with E-state index in [0.717, 1.165) is 11.0 Å². The van der Waals surface area contributed by atoms with E-state index in [1.807, 2.05) is 0 Å². The van der Waals surface area contributed by atoms with Crippen LogP contribution in [0, 0.1) is 5.82 Å². The van der Waals surface area contributed by atoms with Crippen LogP contribution in [0.5, 0.6) is 0 Å². The third-order valence-electron chi connectivity index (χ3n) is 5.31. The van der Waals surface area contributed by atoms with Crippen LogP contribution >= 0.6 is 0 Å². The minimum absolute atomic E-state index is 0.0531. The highest BCUT2D eigenvalue weighted by Crippen LogP contribution is 2.31. The summed E-state index contributed by atoms with van der Waals surface area (Å²) >= 11 is 0. The van der Waals surface area contributed by atoms with Gasteiger partial charge in [0.2, 0.25) is 0 Å². The molecule has 3 amide bonds. The third kappa shape index (κ3) is 3.41. The van der Waals surface area contributed by atoms with Crippen molar-refractivity contribution in [3.05, 3.63) is 70.5 Å². The predicted octanol–water partition coefficient (Wildman–Crippen LogP) is 2.04. The molecule has 1 N–H and O–H groups in total. The van der Waals surface area contributed by atoms with Crippen LogP contribution in [0.1, 0.15) is 55.9 Å². The molecule has 1 unspecified atom stereocenters. The lowest BCUT2D eigenvalue weighted by Crippen LogP contribution is -2.47. The summed E-state index contributed by atoms with van der Waals surface area (Å²) in [5.74, 6) is -2.91. The summed E-state index contributed by atoms with van der Waals surface area (Å²) in [6.45, 7) is -0.0531. The molecule has 1 saturated carbocycles. The molecule has 0 aromatic heterocycles. The second kappa shape index (κ2) is 7.62. The number of halogens is 1. The standard InChI is InChI=1S/C22H17FN2O5/c23-14-5-1-3-12(9-14)20(28)24-11-13-4-2-6-16-19(13)22(30)25(21(16)29)17-8-7-15(26)10-18(17)27/h1-6,9,17H,7-8,10-11H2,(H,24,28). The van der Waals surface area contributed by atoms with E-state index in [1.165, 1.54) is 24.3 Å². The number of rotatable bonds is 4. The zero-order valence-corrected chi connectivity index (χ0v) is 15.8. The molecule has 30 heavy (non-hydrogen) atoms. The van der Waals surface area contributed by atoms with Crippen LogP contribution in [-0.2, 0) is 16.1 Å². The van der Waals surface area contributed by atoms with Gasteiger partial charge in [-0.1, -0.05) is 18.2 Å². The highest BCUT2D eigenvalue weighted by molar-refractivity contribution is 6.24. The van der Waals surface area contributed by atoms with Gasteiger partial charge in [-0.25, -0.2) is 4.39 Å². The summed E-state index contributed by atoms with van der Waals surface area (Å²) in [6, 6.07) is 8.92. The van der Waals surface area contributed by atoms with Gasteiger partial charge in [0.05, 0.1) is 23.6 Å². The second-order valence-corrected chi connectivity index (χ2v) is 7.25. The summed E-state index contributed by atoms with van der Waals surface area (Å²) in [5.41, 5.74) is 0.829. The molecule has 0 radical (unpaired) electrons. The molecule has 0 spiro atoms. The maximum atomic E-state index is 13.3. The molecule has 1 aliphatic carbocycles. The molecule has 2 aliphatic rings. The Kier molecular flexibility index (Phi) is 4.99. The average Bonchev–Trinajstić information content (AvgIpc) is 2.97. The fraction of sp³-hybridized carbons (Fsp3) is 0.227. The SMILES string of the molecule is O=C1CCC(N2C(=O)c3cccc(CNC(=O)c4cccc(F)c4)c3C2=O)C(=O)C1. The fourth-order valence-corrected chi connectivity index (χ4v) is 3.84. The summed E-state index contributed by atoms with van der Waals surface area (Å²) in [5, 5.41) is 2.62. The Labute approximate surface area is 170 Å². The van der Waals surface area contributed by atoms with E-state index < -0.39 is 35.4 Å². The van der Waals surface area contributed by atoms with Crippen LogP contribution in [0.2, 0.25) is 0 Å². The zero-order chi connectivity index (χ0) is 21.4. The number of hydrogen-bond donors (Lipinski definition) is 1. The number of Topliss-reactive ketones (excluding diaryl/α,β-unsaturated/α-hetero) is 2. The van der Waals surface area contributed by atoms with Gasteiger partial charge < -0.3 is 5.32 Å². The first-order chi connectivity index (χ1) is 14.4. The summed E-state index contributed by atoms with van der Waals surface area (Å²) in [6.07, 6.45) is -0.0240. The quantitative estimate of drug-likeness (QED) is 0.616. The van der Waals surface area contributed by atoms with Crippen LogP contribution < -0.4 is 5.32 Å². The van der Waals surface area contributed by atoms with Crippen LogP contribution in [0.15, 0.2) is 42.5 Å². The molecule has 0 saturated heterocycles. The van der Waals surface area contributed by atoms with Crippen LogP contribution in [0.25, 0.3) is 0 Å².